The quantitative estimate of drug-likeness (QED) is 0.453. The maximum absolute atomic E-state index is 12.7. The highest BCUT2D eigenvalue weighted by atomic mass is 16.5. The third kappa shape index (κ3) is 4.05. The van der Waals surface area contributed by atoms with Crippen molar-refractivity contribution in [2.24, 2.45) is 0 Å². The number of aryl methyl sites for hydroxylation is 1. The van der Waals surface area contributed by atoms with Crippen molar-refractivity contribution in [2.45, 2.75) is 13.4 Å². The van der Waals surface area contributed by atoms with E-state index in [4.69, 9.17) is 13.2 Å². The number of nitrogen functional groups attached to an aromatic ring is 1. The highest BCUT2D eigenvalue weighted by Gasteiger charge is 2.11. The van der Waals surface area contributed by atoms with Crippen LogP contribution < -0.4 is 21.1 Å². The second-order valence-corrected chi connectivity index (χ2v) is 6.79. The molecule has 2 aromatic carbocycles. The molecule has 2 heterocycles. The number of pyridine rings is 1. The van der Waals surface area contributed by atoms with Gasteiger partial charge in [0.15, 0.2) is 0 Å². The van der Waals surface area contributed by atoms with Gasteiger partial charge in [0.05, 0.1) is 26.7 Å². The van der Waals surface area contributed by atoms with Crippen molar-refractivity contribution in [3.8, 4) is 5.75 Å². The topological polar surface area (TPSA) is 94.2 Å². The number of nitrogens with two attached hydrogens (primary N) is 1. The summed E-state index contributed by atoms with van der Waals surface area (Å²) in [5.41, 5.74) is 8.84. The Morgan fingerprint density at radius 1 is 1.17 bits per heavy atom. The largest absolute Gasteiger partial charge is 0.495 e. The summed E-state index contributed by atoms with van der Waals surface area (Å²) >= 11 is 0. The minimum atomic E-state index is -1.87. The van der Waals surface area contributed by atoms with Gasteiger partial charge in [0.25, 0.3) is 0 Å². The van der Waals surface area contributed by atoms with E-state index < -0.39 is 12.5 Å². The van der Waals surface area contributed by atoms with Gasteiger partial charge in [-0.2, -0.15) is 0 Å². The van der Waals surface area contributed by atoms with Gasteiger partial charge in [0.1, 0.15) is 11.6 Å². The van der Waals surface area contributed by atoms with E-state index >= 15 is 0 Å². The van der Waals surface area contributed by atoms with Crippen LogP contribution >= 0.6 is 0 Å². The Morgan fingerprint density at radius 3 is 2.80 bits per heavy atom. The Hall–Kier alpha value is -4.00. The third-order valence-corrected chi connectivity index (χ3v) is 4.61. The number of carbonyl (C=O) groups excluding carboxylic acids is 1. The number of nitrogens with zero attached hydrogens (tertiary/aromatic N) is 2. The second kappa shape index (κ2) is 8.16. The summed E-state index contributed by atoms with van der Waals surface area (Å²) in [7, 11) is 1.54. The number of anilines is 3. The van der Waals surface area contributed by atoms with E-state index in [1.807, 2.05) is 19.1 Å². The molecule has 0 aliphatic heterocycles. The predicted octanol–water partition coefficient (Wildman–Crippen LogP) is 4.63. The summed E-state index contributed by atoms with van der Waals surface area (Å²) in [5.74, 6) is 0.799. The van der Waals surface area contributed by atoms with Gasteiger partial charge in [0, 0.05) is 24.3 Å². The summed E-state index contributed by atoms with van der Waals surface area (Å²) in [5, 5.41) is 6.35. The fraction of sp³-hybridized carbons (Fsp3) is 0.130. The van der Waals surface area contributed by atoms with Crippen molar-refractivity contribution in [3.05, 3.63) is 78.1 Å². The first kappa shape index (κ1) is 16.9. The van der Waals surface area contributed by atoms with Gasteiger partial charge in [-0.25, -0.2) is 9.78 Å². The predicted molar refractivity (Wildman–Crippen MR) is 120 cm³/mol. The number of aromatic nitrogens is 2. The van der Waals surface area contributed by atoms with Gasteiger partial charge in [-0.3, -0.25) is 0 Å². The number of rotatable bonds is 5. The number of carbonyl (C=O) groups is 1. The molecule has 0 radical (unpaired) electrons. The summed E-state index contributed by atoms with van der Waals surface area (Å²) in [6.07, 6.45) is 3.12. The number of benzene rings is 2. The monoisotopic (exact) mass is 403 g/mol. The van der Waals surface area contributed by atoms with Crippen LogP contribution in [-0.2, 0) is 6.50 Å². The lowest BCUT2D eigenvalue weighted by atomic mass is 10.2. The van der Waals surface area contributed by atoms with E-state index in [0.29, 0.717) is 33.6 Å². The molecule has 2 amide bonds. The van der Waals surface area contributed by atoms with Crippen LogP contribution in [0.25, 0.3) is 10.9 Å². The Labute approximate surface area is 177 Å². The SMILES string of the molecule is [2H]C([2H])(c1ccnc(N)c1)n1ccc2c(NC(=O)Nc3cc(C)ccc3OC)cccc21. The Kier molecular flexibility index (Phi) is 4.60. The molecule has 4 aromatic rings. The average molecular weight is 403 g/mol. The molecule has 0 fully saturated rings. The molecular formula is C23H23N5O2. The lowest BCUT2D eigenvalue weighted by Gasteiger charge is -2.13. The Morgan fingerprint density at radius 2 is 2.00 bits per heavy atom. The fourth-order valence-corrected chi connectivity index (χ4v) is 3.23. The summed E-state index contributed by atoms with van der Waals surface area (Å²) in [4.78, 5) is 16.6. The van der Waals surface area contributed by atoms with E-state index in [0.717, 1.165) is 5.56 Å². The van der Waals surface area contributed by atoms with E-state index in [2.05, 4.69) is 15.6 Å². The van der Waals surface area contributed by atoms with Crippen LogP contribution in [0.4, 0.5) is 22.0 Å². The zero-order valence-corrected chi connectivity index (χ0v) is 16.6. The molecule has 4 N–H and O–H groups in total. The summed E-state index contributed by atoms with van der Waals surface area (Å²) in [6, 6.07) is 15.3. The van der Waals surface area contributed by atoms with Crippen LogP contribution in [0, 0.1) is 6.92 Å². The zero-order chi connectivity index (χ0) is 22.9. The second-order valence-electron chi connectivity index (χ2n) is 6.79. The Balaban J connectivity index is 1.64. The number of nitrogens with one attached hydrogen (secondary N) is 2. The van der Waals surface area contributed by atoms with Crippen LogP contribution in [0.5, 0.6) is 5.75 Å². The number of ether oxygens (including phenoxy) is 1. The summed E-state index contributed by atoms with van der Waals surface area (Å²) < 4.78 is 24.1. The number of hydrogen-bond acceptors (Lipinski definition) is 4. The van der Waals surface area contributed by atoms with Crippen molar-refractivity contribution in [2.75, 3.05) is 23.5 Å². The van der Waals surface area contributed by atoms with Gasteiger partial charge in [-0.05, 0) is 60.5 Å². The lowest BCUT2D eigenvalue weighted by molar-refractivity contribution is 0.262. The van der Waals surface area contributed by atoms with Crippen LogP contribution in [-0.4, -0.2) is 22.7 Å². The number of fused-ring (bicyclic) bond motifs is 1. The standard InChI is InChI=1S/C23H23N5O2/c1-15-6-7-21(30-2)19(12-15)27-23(29)26-18-4-3-5-20-17(18)9-11-28(20)14-16-8-10-25-22(24)13-16/h3-13H,14H2,1-2H3,(H2,24,25)(H2,26,27,29)/i14D2. The first-order valence-corrected chi connectivity index (χ1v) is 9.35. The van der Waals surface area contributed by atoms with Crippen LogP contribution in [0.2, 0.25) is 0 Å². The molecule has 0 unspecified atom stereocenters. The maximum atomic E-state index is 12.7. The normalized spacial score (nSPS) is 12.2. The number of hydrogen-bond donors (Lipinski definition) is 3. The molecule has 0 atom stereocenters. The van der Waals surface area contributed by atoms with E-state index in [1.54, 1.807) is 49.7 Å². The fourth-order valence-electron chi connectivity index (χ4n) is 3.23. The first-order valence-electron chi connectivity index (χ1n) is 10.3. The van der Waals surface area contributed by atoms with Gasteiger partial charge < -0.3 is 25.7 Å². The van der Waals surface area contributed by atoms with Crippen LogP contribution in [0.1, 0.15) is 13.9 Å². The van der Waals surface area contributed by atoms with E-state index in [-0.39, 0.29) is 5.82 Å². The highest BCUT2D eigenvalue weighted by Crippen LogP contribution is 2.28. The van der Waals surface area contributed by atoms with Crippen LogP contribution in [0.3, 0.4) is 0 Å². The van der Waals surface area contributed by atoms with Crippen molar-refractivity contribution in [3.63, 3.8) is 0 Å². The van der Waals surface area contributed by atoms with Gasteiger partial charge in [-0.1, -0.05) is 12.1 Å². The first-order chi connectivity index (χ1) is 15.3. The molecule has 7 nitrogen and oxygen atoms in total. The molecule has 0 bridgehead atoms. The van der Waals surface area contributed by atoms with Crippen LogP contribution in [0.15, 0.2) is 67.0 Å². The van der Waals surface area contributed by atoms with E-state index in [1.165, 1.54) is 16.8 Å². The number of methoxy groups -OCH3 is 1. The summed E-state index contributed by atoms with van der Waals surface area (Å²) in [6.45, 7) is 0.0605. The minimum Gasteiger partial charge on any atom is -0.495 e. The molecule has 0 spiro atoms. The van der Waals surface area contributed by atoms with Crippen molar-refractivity contribution in [1.82, 2.24) is 9.55 Å². The molecule has 0 aliphatic rings. The molecule has 7 heteroatoms. The Bertz CT molecular complexity index is 1300. The third-order valence-electron chi connectivity index (χ3n) is 4.61. The van der Waals surface area contributed by atoms with Crippen molar-refractivity contribution in [1.29, 1.82) is 0 Å². The highest BCUT2D eigenvalue weighted by molar-refractivity contribution is 6.06. The smallest absolute Gasteiger partial charge is 0.323 e. The maximum Gasteiger partial charge on any atom is 0.323 e. The molecular weight excluding hydrogens is 378 g/mol. The number of amides is 2. The molecule has 0 aliphatic carbocycles. The average Bonchev–Trinajstić information content (AvgIpc) is 3.20. The molecule has 0 saturated heterocycles. The van der Waals surface area contributed by atoms with Crippen molar-refractivity contribution >= 4 is 34.1 Å². The van der Waals surface area contributed by atoms with Gasteiger partial charge in [0.2, 0.25) is 0 Å². The van der Waals surface area contributed by atoms with E-state index in [9.17, 15) is 4.79 Å². The van der Waals surface area contributed by atoms with Crippen molar-refractivity contribution < 1.29 is 12.3 Å². The molecule has 152 valence electrons. The molecule has 0 saturated carbocycles. The van der Waals surface area contributed by atoms with Gasteiger partial charge >= 0.3 is 6.03 Å². The van der Waals surface area contributed by atoms with Gasteiger partial charge in [-0.15, -0.1) is 0 Å². The zero-order valence-electron chi connectivity index (χ0n) is 18.6. The molecule has 30 heavy (non-hydrogen) atoms. The minimum absolute atomic E-state index is 0.244. The lowest BCUT2D eigenvalue weighted by Crippen LogP contribution is -2.20. The number of urea groups is 1. The molecule has 4 rings (SSSR count). The molecule has 2 aromatic heterocycles.